The maximum atomic E-state index is 14.7. The highest BCUT2D eigenvalue weighted by Gasteiger charge is 2.37. The largest absolute Gasteiger partial charge is 0.460 e. The molecule has 3 atom stereocenters. The smallest absolute Gasteiger partial charge is 0.310 e. The van der Waals surface area contributed by atoms with Gasteiger partial charge in [-0.1, -0.05) is 24.3 Å². The summed E-state index contributed by atoms with van der Waals surface area (Å²) in [6.45, 7) is 17.8. The minimum atomic E-state index is -1.04. The lowest BCUT2D eigenvalue weighted by atomic mass is 9.87. The van der Waals surface area contributed by atoms with Gasteiger partial charge in [0.15, 0.2) is 17.8 Å². The summed E-state index contributed by atoms with van der Waals surface area (Å²) in [5.74, 6) is -1.50. The number of rotatable bonds is 16. The van der Waals surface area contributed by atoms with E-state index in [0.717, 1.165) is 20.5 Å². The SMILES string of the molecule is CCOC(C[C@H](c1ccc2c(c1)OCO2)[C@@H](C)N(Cc1cc2ccccc2s1)C(=O)C[C@H](CC(=O)OC(C)(C)C)C(=O)OC(C)(C)C)OCC. The van der Waals surface area contributed by atoms with Crippen molar-refractivity contribution in [1.29, 1.82) is 0 Å². The van der Waals surface area contributed by atoms with Gasteiger partial charge in [-0.25, -0.2) is 0 Å². The number of hydrogen-bond acceptors (Lipinski definition) is 10. The number of fused-ring (bicyclic) bond motifs is 2. The number of carbonyl (C=O) groups is 3. The van der Waals surface area contributed by atoms with E-state index in [1.165, 1.54) is 0 Å². The van der Waals surface area contributed by atoms with Gasteiger partial charge in [0.1, 0.15) is 11.2 Å². The van der Waals surface area contributed by atoms with Gasteiger partial charge in [-0.05, 0) is 97.5 Å². The van der Waals surface area contributed by atoms with E-state index in [9.17, 15) is 14.4 Å². The predicted molar refractivity (Wildman–Crippen MR) is 193 cm³/mol. The predicted octanol–water partition coefficient (Wildman–Crippen LogP) is 8.00. The summed E-state index contributed by atoms with van der Waals surface area (Å²) < 4.78 is 35.7. The first-order chi connectivity index (χ1) is 23.6. The maximum absolute atomic E-state index is 14.7. The monoisotopic (exact) mass is 711 g/mol. The van der Waals surface area contributed by atoms with Crippen molar-refractivity contribution in [3.8, 4) is 11.5 Å². The Morgan fingerprint density at radius 2 is 1.52 bits per heavy atom. The Labute approximate surface area is 300 Å². The number of esters is 2. The first-order valence-corrected chi connectivity index (χ1v) is 18.2. The van der Waals surface area contributed by atoms with Crippen molar-refractivity contribution in [3.63, 3.8) is 0 Å². The van der Waals surface area contributed by atoms with E-state index < -0.39 is 41.4 Å². The second kappa shape index (κ2) is 17.0. The second-order valence-electron chi connectivity index (χ2n) is 14.5. The number of carbonyl (C=O) groups excluding carboxylic acids is 3. The Bertz CT molecular complexity index is 1570. The molecule has 1 amide bonds. The van der Waals surface area contributed by atoms with E-state index in [1.807, 2.05) is 51.1 Å². The summed E-state index contributed by atoms with van der Waals surface area (Å²) in [7, 11) is 0. The van der Waals surface area contributed by atoms with Crippen molar-refractivity contribution in [3.05, 3.63) is 59.0 Å². The third-order valence-electron chi connectivity index (χ3n) is 8.17. The van der Waals surface area contributed by atoms with Gasteiger partial charge < -0.3 is 33.3 Å². The van der Waals surface area contributed by atoms with Gasteiger partial charge in [-0.2, -0.15) is 0 Å². The lowest BCUT2D eigenvalue weighted by Crippen LogP contribution is -2.44. The van der Waals surface area contributed by atoms with Crippen LogP contribution in [-0.2, 0) is 39.9 Å². The lowest BCUT2D eigenvalue weighted by Gasteiger charge is -2.37. The summed E-state index contributed by atoms with van der Waals surface area (Å²) in [6, 6.07) is 15.6. The highest BCUT2D eigenvalue weighted by molar-refractivity contribution is 7.19. The van der Waals surface area contributed by atoms with Crippen LogP contribution in [0.5, 0.6) is 11.5 Å². The molecular formula is C39H53NO9S. The molecule has 1 aromatic heterocycles. The molecule has 0 unspecified atom stereocenters. The van der Waals surface area contributed by atoms with Crippen LogP contribution in [0.1, 0.15) is 97.9 Å². The van der Waals surface area contributed by atoms with Crippen LogP contribution in [0.3, 0.4) is 0 Å². The quantitative estimate of drug-likeness (QED) is 0.108. The zero-order valence-electron chi connectivity index (χ0n) is 30.9. The fraction of sp³-hybridized carbons (Fsp3) is 0.564. The molecule has 274 valence electrons. The summed E-state index contributed by atoms with van der Waals surface area (Å²) >= 11 is 1.62. The van der Waals surface area contributed by atoms with Gasteiger partial charge in [-0.3, -0.25) is 14.4 Å². The summed E-state index contributed by atoms with van der Waals surface area (Å²) in [4.78, 5) is 44.1. The number of thiophene rings is 1. The van der Waals surface area contributed by atoms with Crippen molar-refractivity contribution in [2.24, 2.45) is 5.92 Å². The molecular weight excluding hydrogens is 658 g/mol. The molecule has 2 heterocycles. The number of nitrogens with zero attached hydrogens (tertiary/aromatic N) is 1. The average Bonchev–Trinajstić information content (AvgIpc) is 3.66. The molecule has 1 aliphatic rings. The average molecular weight is 712 g/mol. The lowest BCUT2D eigenvalue weighted by molar-refractivity contribution is -0.169. The Morgan fingerprint density at radius 3 is 2.16 bits per heavy atom. The molecule has 3 aromatic rings. The zero-order valence-corrected chi connectivity index (χ0v) is 31.7. The number of ether oxygens (including phenoxy) is 6. The van der Waals surface area contributed by atoms with Crippen molar-refractivity contribution in [1.82, 2.24) is 4.90 Å². The third kappa shape index (κ3) is 11.2. The minimum Gasteiger partial charge on any atom is -0.460 e. The van der Waals surface area contributed by atoms with Crippen LogP contribution in [0.2, 0.25) is 0 Å². The van der Waals surface area contributed by atoms with Crippen LogP contribution >= 0.6 is 11.3 Å². The molecule has 0 spiro atoms. The van der Waals surface area contributed by atoms with Crippen molar-refractivity contribution in [2.45, 2.75) is 118 Å². The molecule has 4 rings (SSSR count). The van der Waals surface area contributed by atoms with E-state index in [-0.39, 0.29) is 31.5 Å². The van der Waals surface area contributed by atoms with Gasteiger partial charge in [-0.15, -0.1) is 11.3 Å². The molecule has 1 aliphatic heterocycles. The standard InChI is InChI=1S/C39H53NO9S/c1-10-44-36(45-11-2)22-30(26-16-17-31-32(19-26)47-24-46-31)25(3)40(23-29-18-27-14-12-13-15-33(27)50-29)34(41)20-28(37(43)49-39(7,8)9)21-35(42)48-38(4,5)6/h12-19,25,28,30,36H,10-11,20-24H2,1-9H3/t25-,28-,30+/m1/s1. The highest BCUT2D eigenvalue weighted by Crippen LogP contribution is 2.39. The normalized spacial score (nSPS) is 14.8. The maximum Gasteiger partial charge on any atom is 0.310 e. The van der Waals surface area contributed by atoms with Crippen molar-refractivity contribution < 1.29 is 42.8 Å². The van der Waals surface area contributed by atoms with E-state index in [2.05, 4.69) is 18.2 Å². The van der Waals surface area contributed by atoms with E-state index in [1.54, 1.807) is 57.8 Å². The molecule has 0 aliphatic carbocycles. The van der Waals surface area contributed by atoms with Crippen LogP contribution in [-0.4, -0.2) is 66.3 Å². The second-order valence-corrected chi connectivity index (χ2v) is 15.7. The third-order valence-corrected chi connectivity index (χ3v) is 9.27. The highest BCUT2D eigenvalue weighted by atomic mass is 32.1. The molecule has 0 bridgehead atoms. The number of hydrogen-bond donors (Lipinski definition) is 0. The van der Waals surface area contributed by atoms with Gasteiger partial charge in [0.2, 0.25) is 12.7 Å². The summed E-state index contributed by atoms with van der Waals surface area (Å²) in [5, 5.41) is 1.09. The summed E-state index contributed by atoms with van der Waals surface area (Å²) in [5.41, 5.74) is -0.636. The zero-order chi connectivity index (χ0) is 36.6. The Hall–Kier alpha value is -3.67. The van der Waals surface area contributed by atoms with Crippen LogP contribution in [0, 0.1) is 5.92 Å². The molecule has 50 heavy (non-hydrogen) atoms. The molecule has 2 aromatic carbocycles. The molecule has 0 radical (unpaired) electrons. The van der Waals surface area contributed by atoms with Crippen LogP contribution in [0.15, 0.2) is 48.5 Å². The van der Waals surface area contributed by atoms with Gasteiger partial charge >= 0.3 is 11.9 Å². The van der Waals surface area contributed by atoms with Crippen LogP contribution in [0.25, 0.3) is 10.1 Å². The molecule has 11 heteroatoms. The Kier molecular flexibility index (Phi) is 13.3. The number of amides is 1. The van der Waals surface area contributed by atoms with Crippen LogP contribution < -0.4 is 9.47 Å². The van der Waals surface area contributed by atoms with E-state index >= 15 is 0 Å². The van der Waals surface area contributed by atoms with Gasteiger partial charge in [0, 0.05) is 47.6 Å². The minimum absolute atomic E-state index is 0.139. The van der Waals surface area contributed by atoms with Crippen molar-refractivity contribution in [2.75, 3.05) is 20.0 Å². The number of benzene rings is 2. The Balaban J connectivity index is 1.74. The van der Waals surface area contributed by atoms with Gasteiger partial charge in [0.25, 0.3) is 0 Å². The fourth-order valence-electron chi connectivity index (χ4n) is 6.01. The fourth-order valence-corrected chi connectivity index (χ4v) is 7.08. The van der Waals surface area contributed by atoms with Crippen LogP contribution in [0.4, 0.5) is 0 Å². The first kappa shape index (κ1) is 39.1. The Morgan fingerprint density at radius 1 is 0.860 bits per heavy atom. The first-order valence-electron chi connectivity index (χ1n) is 17.4. The van der Waals surface area contributed by atoms with Crippen molar-refractivity contribution >= 4 is 39.3 Å². The summed E-state index contributed by atoms with van der Waals surface area (Å²) in [6.07, 6.45) is -0.597. The molecule has 0 N–H and O–H groups in total. The molecule has 10 nitrogen and oxygen atoms in total. The van der Waals surface area contributed by atoms with Gasteiger partial charge in [0.05, 0.1) is 18.9 Å². The molecule has 0 fully saturated rings. The molecule has 0 saturated heterocycles. The van der Waals surface area contributed by atoms with E-state index in [4.69, 9.17) is 28.4 Å². The topological polar surface area (TPSA) is 110 Å². The molecule has 0 saturated carbocycles. The van der Waals surface area contributed by atoms with E-state index in [0.29, 0.717) is 37.7 Å².